The number of aromatic nitrogens is 2. The third-order valence-corrected chi connectivity index (χ3v) is 5.60. The van der Waals surface area contributed by atoms with E-state index in [2.05, 4.69) is 52.3 Å². The molecule has 0 amide bonds. The van der Waals surface area contributed by atoms with E-state index in [1.54, 1.807) is 6.92 Å². The summed E-state index contributed by atoms with van der Waals surface area (Å²) in [5.74, 6) is 0.621. The quantitative estimate of drug-likeness (QED) is 0.248. The third-order valence-electron chi connectivity index (χ3n) is 5.60. The Morgan fingerprint density at radius 1 is 0.889 bits per heavy atom. The van der Waals surface area contributed by atoms with Crippen molar-refractivity contribution in [3.63, 3.8) is 0 Å². The number of carbonyl (C=O) groups is 1. The number of carbonyl (C=O) groups excluding carboxylic acids is 1. The molecule has 36 heavy (non-hydrogen) atoms. The van der Waals surface area contributed by atoms with Gasteiger partial charge in [-0.05, 0) is 49.1 Å². The van der Waals surface area contributed by atoms with Crippen molar-refractivity contribution in [2.24, 2.45) is 0 Å². The maximum atomic E-state index is 11.8. The summed E-state index contributed by atoms with van der Waals surface area (Å²) in [6, 6.07) is 24.0. The number of anilines is 2. The molecule has 0 aliphatic rings. The van der Waals surface area contributed by atoms with Gasteiger partial charge in [-0.25, -0.2) is 9.97 Å². The van der Waals surface area contributed by atoms with Gasteiger partial charge >= 0.3 is 0 Å². The Morgan fingerprint density at radius 2 is 1.61 bits per heavy atom. The molecule has 0 atom stereocenters. The lowest BCUT2D eigenvalue weighted by molar-refractivity contribution is 0.101. The fraction of sp³-hybridized carbons (Fsp3) is 0.194. The molecule has 0 aliphatic heterocycles. The predicted octanol–water partition coefficient (Wildman–Crippen LogP) is 7.23. The number of hydrogen-bond acceptors (Lipinski definition) is 5. The number of aryl methyl sites for hydroxylation is 1. The second kappa shape index (κ2) is 13.0. The van der Waals surface area contributed by atoms with Crippen LogP contribution in [-0.4, -0.2) is 22.3 Å². The van der Waals surface area contributed by atoms with E-state index < -0.39 is 0 Å². The highest BCUT2D eigenvalue weighted by atomic mass is 16.1. The molecule has 0 radical (unpaired) electrons. The van der Waals surface area contributed by atoms with Crippen LogP contribution in [-0.2, 0) is 6.42 Å². The van der Waals surface area contributed by atoms with Crippen molar-refractivity contribution in [3.05, 3.63) is 114 Å². The van der Waals surface area contributed by atoms with E-state index in [9.17, 15) is 4.79 Å². The van der Waals surface area contributed by atoms with Gasteiger partial charge in [-0.1, -0.05) is 86.7 Å². The first-order valence-corrected chi connectivity index (χ1v) is 12.3. The average Bonchev–Trinajstić information content (AvgIpc) is 2.90. The lowest BCUT2D eigenvalue weighted by Crippen LogP contribution is -2.16. The maximum absolute atomic E-state index is 11.8. The smallest absolute Gasteiger partial charge is 0.227 e. The van der Waals surface area contributed by atoms with Crippen LogP contribution in [0.5, 0.6) is 0 Å². The number of ketones is 1. The zero-order valence-electron chi connectivity index (χ0n) is 21.5. The van der Waals surface area contributed by atoms with E-state index >= 15 is 0 Å². The monoisotopic (exact) mass is 478 g/mol. The first-order chi connectivity index (χ1) is 17.5. The third kappa shape index (κ3) is 7.12. The highest BCUT2D eigenvalue weighted by Crippen LogP contribution is 2.22. The van der Waals surface area contributed by atoms with Crippen molar-refractivity contribution in [2.75, 3.05) is 11.9 Å². The van der Waals surface area contributed by atoms with Crippen LogP contribution in [0.2, 0.25) is 0 Å². The molecule has 4 rings (SSSR count). The molecule has 0 saturated carbocycles. The van der Waals surface area contributed by atoms with Gasteiger partial charge in [-0.2, -0.15) is 0 Å². The van der Waals surface area contributed by atoms with Gasteiger partial charge < -0.3 is 10.6 Å². The van der Waals surface area contributed by atoms with Crippen LogP contribution in [0.4, 0.5) is 11.6 Å². The molecule has 3 aromatic carbocycles. The largest absolute Gasteiger partial charge is 0.385 e. The van der Waals surface area contributed by atoms with E-state index in [1.807, 2.05) is 80.8 Å². The van der Waals surface area contributed by atoms with Crippen LogP contribution in [0.3, 0.4) is 0 Å². The first-order valence-electron chi connectivity index (χ1n) is 12.3. The Morgan fingerprint density at radius 3 is 2.33 bits per heavy atom. The number of benzene rings is 3. The topological polar surface area (TPSA) is 66.9 Å². The van der Waals surface area contributed by atoms with Gasteiger partial charge in [0.05, 0.1) is 0 Å². The highest BCUT2D eigenvalue weighted by Gasteiger charge is 2.07. The Bertz CT molecular complexity index is 1310. The predicted molar refractivity (Wildman–Crippen MR) is 150 cm³/mol. The second-order valence-corrected chi connectivity index (χ2v) is 8.24. The molecule has 0 saturated heterocycles. The van der Waals surface area contributed by atoms with Gasteiger partial charge in [0.1, 0.15) is 0 Å². The van der Waals surface area contributed by atoms with Crippen LogP contribution in [0.15, 0.2) is 91.8 Å². The van der Waals surface area contributed by atoms with Crippen LogP contribution in [0.25, 0.3) is 16.8 Å². The lowest BCUT2D eigenvalue weighted by atomic mass is 10.0. The van der Waals surface area contributed by atoms with Crippen molar-refractivity contribution in [3.8, 4) is 11.1 Å². The molecule has 0 aliphatic carbocycles. The Labute approximate surface area is 214 Å². The van der Waals surface area contributed by atoms with Gasteiger partial charge in [0.25, 0.3) is 0 Å². The van der Waals surface area contributed by atoms with Crippen molar-refractivity contribution in [2.45, 2.75) is 34.1 Å². The summed E-state index contributed by atoms with van der Waals surface area (Å²) in [5, 5.41) is 6.63. The number of nitrogens with one attached hydrogen (secondary N) is 2. The van der Waals surface area contributed by atoms with Gasteiger partial charge in [-0.15, -0.1) is 0 Å². The molecule has 0 fully saturated rings. The Balaban J connectivity index is 0.00000176. The van der Waals surface area contributed by atoms with Gasteiger partial charge in [0.15, 0.2) is 5.78 Å². The van der Waals surface area contributed by atoms with Crippen molar-refractivity contribution >= 4 is 23.1 Å². The molecule has 1 heterocycles. The second-order valence-electron chi connectivity index (χ2n) is 8.24. The first kappa shape index (κ1) is 26.4. The highest BCUT2D eigenvalue weighted by molar-refractivity contribution is 5.95. The number of Topliss-reactive ketones (excluding diaryl/α,β-unsaturated/α-hetero) is 1. The summed E-state index contributed by atoms with van der Waals surface area (Å²) in [4.78, 5) is 20.8. The summed E-state index contributed by atoms with van der Waals surface area (Å²) in [5.41, 5.74) is 7.76. The molecular formula is C31H34N4O. The molecule has 2 N–H and O–H groups in total. The normalized spacial score (nSPS) is 10.1. The van der Waals surface area contributed by atoms with E-state index in [4.69, 9.17) is 0 Å². The Hall–Kier alpha value is -4.25. The molecule has 4 aromatic rings. The molecule has 184 valence electrons. The van der Waals surface area contributed by atoms with Crippen molar-refractivity contribution in [1.82, 2.24) is 15.3 Å². The molecule has 5 nitrogen and oxygen atoms in total. The summed E-state index contributed by atoms with van der Waals surface area (Å²) in [6.07, 6.45) is 4.40. The summed E-state index contributed by atoms with van der Waals surface area (Å²) in [7, 11) is 0. The van der Waals surface area contributed by atoms with Gasteiger partial charge in [0.2, 0.25) is 5.95 Å². The van der Waals surface area contributed by atoms with Crippen LogP contribution in [0, 0.1) is 6.92 Å². The minimum atomic E-state index is 0.0855. The van der Waals surface area contributed by atoms with Crippen LogP contribution >= 0.6 is 0 Å². The zero-order chi connectivity index (χ0) is 25.9. The van der Waals surface area contributed by atoms with E-state index in [1.165, 1.54) is 5.56 Å². The molecule has 1 aromatic heterocycles. The van der Waals surface area contributed by atoms with Crippen LogP contribution < -0.4 is 10.6 Å². The van der Waals surface area contributed by atoms with Gasteiger partial charge in [0, 0.05) is 41.4 Å². The average molecular weight is 479 g/mol. The van der Waals surface area contributed by atoms with Gasteiger partial charge in [-0.3, -0.25) is 4.79 Å². The number of rotatable bonds is 9. The summed E-state index contributed by atoms with van der Waals surface area (Å²) in [6.45, 7) is 12.5. The molecular weight excluding hydrogens is 444 g/mol. The zero-order valence-corrected chi connectivity index (χ0v) is 21.5. The molecule has 5 heteroatoms. The van der Waals surface area contributed by atoms with Crippen molar-refractivity contribution < 1.29 is 4.79 Å². The lowest BCUT2D eigenvalue weighted by Gasteiger charge is -2.13. The fourth-order valence-electron chi connectivity index (χ4n) is 3.81. The summed E-state index contributed by atoms with van der Waals surface area (Å²) >= 11 is 0. The van der Waals surface area contributed by atoms with E-state index in [0.29, 0.717) is 12.5 Å². The van der Waals surface area contributed by atoms with E-state index in [-0.39, 0.29) is 5.78 Å². The molecule has 0 spiro atoms. The molecule has 0 bridgehead atoms. The standard InChI is InChI=1S/C29H28N4O.C2H6/c1-20-8-6-11-25(16-20)26-18-31-29(32-19-26)33-27-12-7-10-24(17-27)21(2)30-15-14-23-9-4-5-13-28(23)22(3)34;1-2/h4-13,16-19,30H,2,14-15H2,1,3H3,(H,31,32,33);1-2H3. The minimum Gasteiger partial charge on any atom is -0.385 e. The maximum Gasteiger partial charge on any atom is 0.227 e. The fourth-order valence-corrected chi connectivity index (χ4v) is 3.81. The van der Waals surface area contributed by atoms with E-state index in [0.717, 1.165) is 45.6 Å². The minimum absolute atomic E-state index is 0.0855. The summed E-state index contributed by atoms with van der Waals surface area (Å²) < 4.78 is 0. The Kier molecular flexibility index (Phi) is 9.52. The molecule has 0 unspecified atom stereocenters. The number of nitrogens with zero attached hydrogens (tertiary/aromatic N) is 2. The number of hydrogen-bond donors (Lipinski definition) is 2. The van der Waals surface area contributed by atoms with Crippen molar-refractivity contribution in [1.29, 1.82) is 0 Å². The SMILES string of the molecule is C=C(NCCc1ccccc1C(C)=O)c1cccc(Nc2ncc(-c3cccc(C)c3)cn2)c1.CC. The van der Waals surface area contributed by atoms with Crippen LogP contribution in [0.1, 0.15) is 47.8 Å².